The van der Waals surface area contributed by atoms with Crippen LogP contribution in [-0.4, -0.2) is 22.7 Å². The maximum Gasteiger partial charge on any atom is 0.344 e. The number of esters is 1. The smallest absolute Gasteiger partial charge is 0.344 e. The molecule has 1 heterocycles. The van der Waals surface area contributed by atoms with Crippen molar-refractivity contribution in [2.24, 2.45) is 0 Å². The van der Waals surface area contributed by atoms with Gasteiger partial charge in [-0.1, -0.05) is 17.3 Å². The van der Waals surface area contributed by atoms with Crippen molar-refractivity contribution in [1.82, 2.24) is 10.1 Å². The zero-order chi connectivity index (χ0) is 18.5. The van der Waals surface area contributed by atoms with Crippen LogP contribution in [0.5, 0.6) is 5.75 Å². The second-order valence-corrected chi connectivity index (χ2v) is 5.67. The molecule has 0 unspecified atom stereocenters. The van der Waals surface area contributed by atoms with Gasteiger partial charge in [-0.15, -0.1) is 0 Å². The Morgan fingerprint density at radius 1 is 1.15 bits per heavy atom. The minimum absolute atomic E-state index is 0.143. The average Bonchev–Trinajstić information content (AvgIpc) is 3.11. The van der Waals surface area contributed by atoms with Crippen LogP contribution >= 0.6 is 0 Å². The maximum absolute atomic E-state index is 12.9. The van der Waals surface area contributed by atoms with Crippen LogP contribution in [-0.2, 0) is 16.1 Å². The Kier molecular flexibility index (Phi) is 5.26. The molecule has 26 heavy (non-hydrogen) atoms. The highest BCUT2D eigenvalue weighted by atomic mass is 19.1. The van der Waals surface area contributed by atoms with E-state index in [-0.39, 0.29) is 24.9 Å². The van der Waals surface area contributed by atoms with Crippen LogP contribution in [0.2, 0.25) is 0 Å². The highest BCUT2D eigenvalue weighted by molar-refractivity contribution is 5.71. The van der Waals surface area contributed by atoms with Crippen LogP contribution in [0, 0.1) is 19.7 Å². The molecule has 0 spiro atoms. The summed E-state index contributed by atoms with van der Waals surface area (Å²) in [6.45, 7) is 3.51. The molecular weight excluding hydrogens is 339 g/mol. The van der Waals surface area contributed by atoms with Gasteiger partial charge in [0.15, 0.2) is 13.2 Å². The number of hydrogen-bond acceptors (Lipinski definition) is 6. The Hall–Kier alpha value is -3.22. The number of carbonyl (C=O) groups excluding carboxylic acids is 1. The molecule has 0 aliphatic rings. The van der Waals surface area contributed by atoms with E-state index in [0.717, 1.165) is 11.1 Å². The Morgan fingerprint density at radius 3 is 2.69 bits per heavy atom. The first-order valence-electron chi connectivity index (χ1n) is 7.96. The van der Waals surface area contributed by atoms with Gasteiger partial charge in [-0.3, -0.25) is 0 Å². The highest BCUT2D eigenvalue weighted by Crippen LogP contribution is 2.20. The number of ether oxygens (including phenoxy) is 2. The lowest BCUT2D eigenvalue weighted by Gasteiger charge is -2.10. The predicted octanol–water partition coefficient (Wildman–Crippen LogP) is 3.61. The lowest BCUT2D eigenvalue weighted by Crippen LogP contribution is -2.15. The number of nitrogens with zero attached hydrogens (tertiary/aromatic N) is 2. The first-order valence-corrected chi connectivity index (χ1v) is 7.96. The molecule has 0 aliphatic heterocycles. The van der Waals surface area contributed by atoms with Crippen LogP contribution in [0.4, 0.5) is 4.39 Å². The fraction of sp³-hybridized carbons (Fsp3) is 0.211. The van der Waals surface area contributed by atoms with E-state index in [1.54, 1.807) is 6.07 Å². The summed E-state index contributed by atoms with van der Waals surface area (Å²) in [4.78, 5) is 15.9. The molecule has 0 fully saturated rings. The van der Waals surface area contributed by atoms with E-state index in [0.29, 0.717) is 17.1 Å². The summed E-state index contributed by atoms with van der Waals surface area (Å²) < 4.78 is 28.5. The molecule has 3 aromatic rings. The van der Waals surface area contributed by atoms with Crippen molar-refractivity contribution in [3.8, 4) is 17.1 Å². The molecule has 0 bridgehead atoms. The molecule has 0 saturated heterocycles. The van der Waals surface area contributed by atoms with Gasteiger partial charge < -0.3 is 14.0 Å². The Labute approximate surface area is 149 Å². The van der Waals surface area contributed by atoms with E-state index in [1.165, 1.54) is 24.3 Å². The first kappa shape index (κ1) is 17.6. The summed E-state index contributed by atoms with van der Waals surface area (Å²) in [5.74, 6) is 0.174. The lowest BCUT2D eigenvalue weighted by atomic mass is 10.1. The molecule has 2 aromatic carbocycles. The van der Waals surface area contributed by atoms with Crippen molar-refractivity contribution in [2.45, 2.75) is 20.5 Å². The molecule has 1 aromatic heterocycles. The zero-order valence-corrected chi connectivity index (χ0v) is 14.4. The number of hydrogen-bond donors (Lipinski definition) is 0. The van der Waals surface area contributed by atoms with E-state index < -0.39 is 5.97 Å². The van der Waals surface area contributed by atoms with Crippen LogP contribution in [0.25, 0.3) is 11.4 Å². The summed E-state index contributed by atoms with van der Waals surface area (Å²) in [5, 5.41) is 3.78. The quantitative estimate of drug-likeness (QED) is 0.628. The van der Waals surface area contributed by atoms with E-state index in [9.17, 15) is 9.18 Å². The van der Waals surface area contributed by atoms with E-state index in [4.69, 9.17) is 14.0 Å². The average molecular weight is 356 g/mol. The number of aromatic nitrogens is 2. The van der Waals surface area contributed by atoms with Gasteiger partial charge in [0.05, 0.1) is 0 Å². The minimum atomic E-state index is -0.549. The van der Waals surface area contributed by atoms with Gasteiger partial charge in [-0.25, -0.2) is 9.18 Å². The van der Waals surface area contributed by atoms with Crippen LogP contribution in [0.3, 0.4) is 0 Å². The van der Waals surface area contributed by atoms with Crippen LogP contribution in [0.15, 0.2) is 47.0 Å². The molecule has 0 radical (unpaired) electrons. The topological polar surface area (TPSA) is 74.5 Å². The van der Waals surface area contributed by atoms with Crippen LogP contribution < -0.4 is 4.74 Å². The van der Waals surface area contributed by atoms with Gasteiger partial charge in [0.25, 0.3) is 5.89 Å². The largest absolute Gasteiger partial charge is 0.482 e. The van der Waals surface area contributed by atoms with Gasteiger partial charge in [-0.2, -0.15) is 4.98 Å². The van der Waals surface area contributed by atoms with Crippen molar-refractivity contribution >= 4 is 5.97 Å². The van der Waals surface area contributed by atoms with Gasteiger partial charge in [-0.05, 0) is 55.3 Å². The number of halogens is 1. The number of carbonyl (C=O) groups is 1. The highest BCUT2D eigenvalue weighted by Gasteiger charge is 2.12. The Balaban J connectivity index is 1.52. The predicted molar refractivity (Wildman–Crippen MR) is 90.9 cm³/mol. The second kappa shape index (κ2) is 7.77. The third-order valence-corrected chi connectivity index (χ3v) is 3.83. The third kappa shape index (κ3) is 4.24. The van der Waals surface area contributed by atoms with E-state index in [2.05, 4.69) is 10.1 Å². The van der Waals surface area contributed by atoms with E-state index in [1.807, 2.05) is 26.0 Å². The summed E-state index contributed by atoms with van der Waals surface area (Å²) in [7, 11) is 0. The second-order valence-electron chi connectivity index (χ2n) is 5.67. The SMILES string of the molecule is Cc1cccc(OCC(=O)OCc2nc(-c3ccc(F)cc3)no2)c1C. The minimum Gasteiger partial charge on any atom is -0.482 e. The van der Waals surface area contributed by atoms with E-state index >= 15 is 0 Å². The molecule has 0 atom stereocenters. The molecule has 0 amide bonds. The molecule has 0 N–H and O–H groups in total. The van der Waals surface area contributed by atoms with Gasteiger partial charge in [0.2, 0.25) is 5.82 Å². The van der Waals surface area contributed by atoms with Crippen molar-refractivity contribution in [3.05, 3.63) is 65.3 Å². The summed E-state index contributed by atoms with van der Waals surface area (Å²) in [5.41, 5.74) is 2.65. The Morgan fingerprint density at radius 2 is 1.92 bits per heavy atom. The molecule has 134 valence electrons. The first-order chi connectivity index (χ1) is 12.5. The fourth-order valence-electron chi connectivity index (χ4n) is 2.23. The monoisotopic (exact) mass is 356 g/mol. The normalized spacial score (nSPS) is 10.6. The molecule has 3 rings (SSSR count). The number of benzene rings is 2. The molecule has 7 heteroatoms. The van der Waals surface area contributed by atoms with Gasteiger partial charge in [0, 0.05) is 5.56 Å². The van der Waals surface area contributed by atoms with Crippen molar-refractivity contribution in [3.63, 3.8) is 0 Å². The maximum atomic E-state index is 12.9. The summed E-state index contributed by atoms with van der Waals surface area (Å²) >= 11 is 0. The lowest BCUT2D eigenvalue weighted by molar-refractivity contribution is -0.148. The number of rotatable bonds is 6. The van der Waals surface area contributed by atoms with Crippen molar-refractivity contribution < 1.29 is 23.2 Å². The summed E-state index contributed by atoms with van der Waals surface area (Å²) in [6.07, 6.45) is 0. The standard InChI is InChI=1S/C19H17FN2O4/c1-12-4-3-5-16(13(12)2)24-11-18(23)25-10-17-21-19(22-26-17)14-6-8-15(20)9-7-14/h3-9H,10-11H2,1-2H3. The Bertz CT molecular complexity index is 906. The third-order valence-electron chi connectivity index (χ3n) is 3.83. The molecular formula is C19H17FN2O4. The van der Waals surface area contributed by atoms with Crippen molar-refractivity contribution in [2.75, 3.05) is 6.61 Å². The molecule has 0 aliphatic carbocycles. The number of aryl methyl sites for hydroxylation is 1. The zero-order valence-electron chi connectivity index (χ0n) is 14.4. The molecule has 0 saturated carbocycles. The summed E-state index contributed by atoms with van der Waals surface area (Å²) in [6, 6.07) is 11.3. The van der Waals surface area contributed by atoms with Crippen molar-refractivity contribution in [1.29, 1.82) is 0 Å². The van der Waals surface area contributed by atoms with Gasteiger partial charge >= 0.3 is 5.97 Å². The van der Waals surface area contributed by atoms with Crippen LogP contribution in [0.1, 0.15) is 17.0 Å². The fourth-order valence-corrected chi connectivity index (χ4v) is 2.23. The van der Waals surface area contributed by atoms with Gasteiger partial charge in [0.1, 0.15) is 11.6 Å². The molecule has 6 nitrogen and oxygen atoms in total.